The second kappa shape index (κ2) is 7.19. The molecule has 0 spiro atoms. The van der Waals surface area contributed by atoms with Crippen molar-refractivity contribution >= 4 is 5.78 Å². The molecule has 2 rings (SSSR count). The Labute approximate surface area is 127 Å². The molecule has 0 aliphatic carbocycles. The lowest BCUT2D eigenvalue weighted by atomic mass is 9.83. The molecule has 0 bridgehead atoms. The summed E-state index contributed by atoms with van der Waals surface area (Å²) in [5.41, 5.74) is 8.28. The fourth-order valence-corrected chi connectivity index (χ4v) is 2.95. The van der Waals surface area contributed by atoms with Gasteiger partial charge in [0.05, 0.1) is 12.7 Å². The zero-order valence-electron chi connectivity index (χ0n) is 13.2. The number of carbonyl (C=O) groups is 1. The summed E-state index contributed by atoms with van der Waals surface area (Å²) in [6.07, 6.45) is 3.87. The summed E-state index contributed by atoms with van der Waals surface area (Å²) in [7, 11) is 0. The van der Waals surface area contributed by atoms with Gasteiger partial charge in [0.25, 0.3) is 0 Å². The third-order valence-electron chi connectivity index (χ3n) is 4.41. The Morgan fingerprint density at radius 3 is 2.86 bits per heavy atom. The van der Waals surface area contributed by atoms with Gasteiger partial charge in [-0.15, -0.1) is 0 Å². The van der Waals surface area contributed by atoms with Crippen LogP contribution in [-0.2, 0) is 16.0 Å². The SMILES string of the molecule is CC(C)(CCN)CCC(=O)CC1OCCc2ccccc21. The molecule has 1 aromatic rings. The van der Waals surface area contributed by atoms with Crippen LogP contribution in [0.2, 0.25) is 0 Å². The second-order valence-electron chi connectivity index (χ2n) is 6.75. The fourth-order valence-electron chi connectivity index (χ4n) is 2.95. The molecule has 1 heterocycles. The minimum absolute atomic E-state index is 0.0555. The van der Waals surface area contributed by atoms with Gasteiger partial charge in [0.2, 0.25) is 0 Å². The maximum atomic E-state index is 12.3. The lowest BCUT2D eigenvalue weighted by molar-refractivity contribution is -0.122. The average molecular weight is 289 g/mol. The molecule has 1 unspecified atom stereocenters. The highest BCUT2D eigenvalue weighted by molar-refractivity contribution is 5.79. The van der Waals surface area contributed by atoms with Gasteiger partial charge in [-0.05, 0) is 42.3 Å². The summed E-state index contributed by atoms with van der Waals surface area (Å²) < 4.78 is 5.81. The Kier molecular flexibility index (Phi) is 5.54. The van der Waals surface area contributed by atoms with Crippen molar-refractivity contribution in [2.75, 3.05) is 13.2 Å². The molecule has 0 fully saturated rings. The number of hydrogen-bond donors (Lipinski definition) is 1. The van der Waals surface area contributed by atoms with Gasteiger partial charge in [-0.1, -0.05) is 38.1 Å². The van der Waals surface area contributed by atoms with Crippen LogP contribution >= 0.6 is 0 Å². The van der Waals surface area contributed by atoms with E-state index in [1.807, 2.05) is 6.07 Å². The molecule has 1 aliphatic rings. The number of nitrogens with two attached hydrogens (primary N) is 1. The van der Waals surface area contributed by atoms with E-state index in [9.17, 15) is 4.79 Å². The van der Waals surface area contributed by atoms with Gasteiger partial charge in [-0.25, -0.2) is 0 Å². The zero-order chi connectivity index (χ0) is 15.3. The van der Waals surface area contributed by atoms with E-state index in [4.69, 9.17) is 10.5 Å². The average Bonchev–Trinajstić information content (AvgIpc) is 2.46. The highest BCUT2D eigenvalue weighted by Crippen LogP contribution is 2.31. The molecule has 0 radical (unpaired) electrons. The van der Waals surface area contributed by atoms with Crippen molar-refractivity contribution < 1.29 is 9.53 Å². The summed E-state index contributed by atoms with van der Waals surface area (Å²) >= 11 is 0. The van der Waals surface area contributed by atoms with E-state index in [2.05, 4.69) is 32.0 Å². The fraction of sp³-hybridized carbons (Fsp3) is 0.611. The van der Waals surface area contributed by atoms with E-state index in [0.717, 1.165) is 19.3 Å². The number of rotatable bonds is 7. The number of hydrogen-bond acceptors (Lipinski definition) is 3. The lowest BCUT2D eigenvalue weighted by Crippen LogP contribution is -2.21. The van der Waals surface area contributed by atoms with Crippen LogP contribution in [-0.4, -0.2) is 18.9 Å². The van der Waals surface area contributed by atoms with Crippen molar-refractivity contribution in [2.24, 2.45) is 11.1 Å². The van der Waals surface area contributed by atoms with Crippen molar-refractivity contribution in [2.45, 2.75) is 52.1 Å². The van der Waals surface area contributed by atoms with Gasteiger partial charge < -0.3 is 10.5 Å². The molecule has 2 N–H and O–H groups in total. The van der Waals surface area contributed by atoms with E-state index in [1.165, 1.54) is 11.1 Å². The molecule has 116 valence electrons. The minimum atomic E-state index is -0.0555. The predicted molar refractivity (Wildman–Crippen MR) is 85.1 cm³/mol. The van der Waals surface area contributed by atoms with E-state index >= 15 is 0 Å². The molecule has 0 aromatic heterocycles. The number of carbonyl (C=O) groups excluding carboxylic acids is 1. The second-order valence-corrected chi connectivity index (χ2v) is 6.75. The molecule has 0 saturated carbocycles. The van der Waals surface area contributed by atoms with Crippen molar-refractivity contribution in [1.82, 2.24) is 0 Å². The number of benzene rings is 1. The van der Waals surface area contributed by atoms with Gasteiger partial charge in [0.15, 0.2) is 0 Å². The third kappa shape index (κ3) is 4.65. The Morgan fingerprint density at radius 1 is 1.33 bits per heavy atom. The summed E-state index contributed by atoms with van der Waals surface area (Å²) in [4.78, 5) is 12.3. The maximum absolute atomic E-state index is 12.3. The van der Waals surface area contributed by atoms with Crippen molar-refractivity contribution in [3.05, 3.63) is 35.4 Å². The summed E-state index contributed by atoms with van der Waals surface area (Å²) in [5.74, 6) is 0.293. The number of ketones is 1. The number of Topliss-reactive ketones (excluding diaryl/α,β-unsaturated/α-hetero) is 1. The summed E-state index contributed by atoms with van der Waals surface area (Å²) in [6.45, 7) is 5.76. The molecule has 1 aromatic carbocycles. The predicted octanol–water partition coefficient (Wildman–Crippen LogP) is 3.41. The first-order valence-corrected chi connectivity index (χ1v) is 7.93. The van der Waals surface area contributed by atoms with Crippen LogP contribution in [0.15, 0.2) is 24.3 Å². The first kappa shape index (κ1) is 16.2. The molecule has 0 saturated heterocycles. The van der Waals surface area contributed by atoms with Crippen molar-refractivity contribution in [3.63, 3.8) is 0 Å². The van der Waals surface area contributed by atoms with E-state index in [-0.39, 0.29) is 11.5 Å². The monoisotopic (exact) mass is 289 g/mol. The van der Waals surface area contributed by atoms with Gasteiger partial charge >= 0.3 is 0 Å². The molecule has 21 heavy (non-hydrogen) atoms. The molecule has 1 atom stereocenters. The maximum Gasteiger partial charge on any atom is 0.135 e. The van der Waals surface area contributed by atoms with Crippen LogP contribution in [0.25, 0.3) is 0 Å². The Bertz CT molecular complexity index is 482. The molecule has 0 amide bonds. The van der Waals surface area contributed by atoms with E-state index in [1.54, 1.807) is 0 Å². The molecule has 1 aliphatic heterocycles. The number of ether oxygens (including phenoxy) is 1. The van der Waals surface area contributed by atoms with Gasteiger partial charge in [-0.2, -0.15) is 0 Å². The zero-order valence-corrected chi connectivity index (χ0v) is 13.2. The Hall–Kier alpha value is -1.19. The normalized spacial score (nSPS) is 18.3. The van der Waals surface area contributed by atoms with E-state index in [0.29, 0.717) is 31.8 Å². The van der Waals surface area contributed by atoms with Crippen LogP contribution in [0.5, 0.6) is 0 Å². The first-order chi connectivity index (χ1) is 10.0. The van der Waals surface area contributed by atoms with E-state index < -0.39 is 0 Å². The van der Waals surface area contributed by atoms with Crippen LogP contribution < -0.4 is 5.73 Å². The number of fused-ring (bicyclic) bond motifs is 1. The topological polar surface area (TPSA) is 52.3 Å². The molecule has 3 nitrogen and oxygen atoms in total. The van der Waals surface area contributed by atoms with Crippen LogP contribution in [0.4, 0.5) is 0 Å². The Morgan fingerprint density at radius 2 is 2.10 bits per heavy atom. The first-order valence-electron chi connectivity index (χ1n) is 7.93. The van der Waals surface area contributed by atoms with Crippen LogP contribution in [0.1, 0.15) is 56.8 Å². The highest BCUT2D eigenvalue weighted by Gasteiger charge is 2.24. The lowest BCUT2D eigenvalue weighted by Gasteiger charge is -2.27. The van der Waals surface area contributed by atoms with Crippen LogP contribution in [0.3, 0.4) is 0 Å². The molecular weight excluding hydrogens is 262 g/mol. The minimum Gasteiger partial charge on any atom is -0.373 e. The van der Waals surface area contributed by atoms with Gasteiger partial charge in [0, 0.05) is 12.8 Å². The summed E-state index contributed by atoms with van der Waals surface area (Å²) in [5, 5.41) is 0. The standard InChI is InChI=1S/C18H27NO2/c1-18(2,10-11-19)9-7-15(20)13-17-16-6-4-3-5-14(16)8-12-21-17/h3-6,17H,7-13,19H2,1-2H3. The summed E-state index contributed by atoms with van der Waals surface area (Å²) in [6, 6.07) is 8.30. The van der Waals surface area contributed by atoms with Crippen LogP contribution in [0, 0.1) is 5.41 Å². The van der Waals surface area contributed by atoms with Gasteiger partial charge in [-0.3, -0.25) is 4.79 Å². The van der Waals surface area contributed by atoms with Crippen molar-refractivity contribution in [3.8, 4) is 0 Å². The third-order valence-corrected chi connectivity index (χ3v) is 4.41. The highest BCUT2D eigenvalue weighted by atomic mass is 16.5. The largest absolute Gasteiger partial charge is 0.373 e. The van der Waals surface area contributed by atoms with Crippen molar-refractivity contribution in [1.29, 1.82) is 0 Å². The smallest absolute Gasteiger partial charge is 0.135 e. The quantitative estimate of drug-likeness (QED) is 0.837. The molecule has 3 heteroatoms. The Balaban J connectivity index is 1.89. The molecular formula is C18H27NO2. The van der Waals surface area contributed by atoms with Gasteiger partial charge in [0.1, 0.15) is 5.78 Å².